The van der Waals surface area contributed by atoms with Gasteiger partial charge in [-0.1, -0.05) is 57.9 Å². The Labute approximate surface area is 137 Å². The number of aryl methyl sites for hydroxylation is 1. The van der Waals surface area contributed by atoms with E-state index in [-0.39, 0.29) is 10.0 Å². The molecular weight excluding hydrogens is 378 g/mol. The van der Waals surface area contributed by atoms with E-state index in [2.05, 4.69) is 25.8 Å². The molecule has 21 heavy (non-hydrogen) atoms. The molecule has 5 nitrogen and oxygen atoms in total. The molecule has 114 valence electrons. The van der Waals surface area contributed by atoms with Gasteiger partial charge >= 0.3 is 0 Å². The number of hydrogen-bond acceptors (Lipinski definition) is 3. The Balaban J connectivity index is 2.43. The molecule has 1 N–H and O–H groups in total. The van der Waals surface area contributed by atoms with Crippen LogP contribution < -0.4 is 4.72 Å². The molecule has 1 aromatic heterocycles. The van der Waals surface area contributed by atoms with Gasteiger partial charge in [-0.3, -0.25) is 4.68 Å². The van der Waals surface area contributed by atoms with Crippen LogP contribution in [0.5, 0.6) is 0 Å². The predicted octanol–water partition coefficient (Wildman–Crippen LogP) is 2.66. The highest BCUT2D eigenvalue weighted by atomic mass is 79.9. The molecule has 0 saturated heterocycles. The SMILES string of the molecule is Cn1ncc(Cl)c1S(=O)(=O)NC(C)(CBr)c1ccccc1. The van der Waals surface area contributed by atoms with Crippen molar-refractivity contribution in [3.05, 3.63) is 47.1 Å². The Hall–Kier alpha value is -0.890. The second-order valence-corrected chi connectivity index (χ2v) is 7.42. The fourth-order valence-corrected chi connectivity index (χ4v) is 4.72. The van der Waals surface area contributed by atoms with Gasteiger partial charge in [0, 0.05) is 12.4 Å². The van der Waals surface area contributed by atoms with Crippen molar-refractivity contribution >= 4 is 37.6 Å². The zero-order valence-electron chi connectivity index (χ0n) is 11.5. The number of benzene rings is 1. The highest BCUT2D eigenvalue weighted by Crippen LogP contribution is 2.27. The van der Waals surface area contributed by atoms with Gasteiger partial charge in [0.25, 0.3) is 10.0 Å². The monoisotopic (exact) mass is 391 g/mol. The lowest BCUT2D eigenvalue weighted by Gasteiger charge is -2.29. The second kappa shape index (κ2) is 6.08. The van der Waals surface area contributed by atoms with Gasteiger partial charge in [0.05, 0.1) is 16.8 Å². The minimum Gasteiger partial charge on any atom is -0.255 e. The lowest BCUT2D eigenvalue weighted by molar-refractivity contribution is 0.476. The number of aromatic nitrogens is 2. The van der Waals surface area contributed by atoms with E-state index >= 15 is 0 Å². The maximum Gasteiger partial charge on any atom is 0.260 e. The van der Waals surface area contributed by atoms with Gasteiger partial charge in [-0.25, -0.2) is 8.42 Å². The molecule has 1 aromatic carbocycles. The third-order valence-electron chi connectivity index (χ3n) is 3.13. The van der Waals surface area contributed by atoms with Gasteiger partial charge < -0.3 is 0 Å². The number of sulfonamides is 1. The predicted molar refractivity (Wildman–Crippen MR) is 86.1 cm³/mol. The van der Waals surface area contributed by atoms with Crippen molar-refractivity contribution < 1.29 is 8.42 Å². The molecule has 1 heterocycles. The lowest BCUT2D eigenvalue weighted by Crippen LogP contribution is -2.45. The zero-order valence-corrected chi connectivity index (χ0v) is 14.7. The topological polar surface area (TPSA) is 64.0 Å². The van der Waals surface area contributed by atoms with Crippen LogP contribution in [0.3, 0.4) is 0 Å². The molecule has 0 aliphatic heterocycles. The van der Waals surface area contributed by atoms with E-state index in [0.29, 0.717) is 5.33 Å². The Morgan fingerprint density at radius 2 is 2.00 bits per heavy atom. The van der Waals surface area contributed by atoms with E-state index in [9.17, 15) is 8.42 Å². The van der Waals surface area contributed by atoms with Crippen molar-refractivity contribution in [2.45, 2.75) is 17.5 Å². The Kier molecular flexibility index (Phi) is 4.77. The summed E-state index contributed by atoms with van der Waals surface area (Å²) in [5, 5.41) is 4.32. The Morgan fingerprint density at radius 3 is 2.48 bits per heavy atom. The van der Waals surface area contributed by atoms with E-state index in [1.54, 1.807) is 6.92 Å². The highest BCUT2D eigenvalue weighted by molar-refractivity contribution is 9.09. The molecule has 0 radical (unpaired) electrons. The van der Waals surface area contributed by atoms with E-state index < -0.39 is 15.6 Å². The zero-order chi connectivity index (χ0) is 15.7. The van der Waals surface area contributed by atoms with Gasteiger partial charge in [-0.15, -0.1) is 0 Å². The van der Waals surface area contributed by atoms with Crippen molar-refractivity contribution in [1.82, 2.24) is 14.5 Å². The molecule has 1 atom stereocenters. The van der Waals surface area contributed by atoms with Crippen LogP contribution in [0, 0.1) is 0 Å². The van der Waals surface area contributed by atoms with Crippen LogP contribution >= 0.6 is 27.5 Å². The van der Waals surface area contributed by atoms with Gasteiger partial charge in [0.1, 0.15) is 0 Å². The van der Waals surface area contributed by atoms with E-state index in [0.717, 1.165) is 5.56 Å². The molecule has 0 spiro atoms. The number of alkyl halides is 1. The van der Waals surface area contributed by atoms with Crippen molar-refractivity contribution in [2.24, 2.45) is 7.05 Å². The summed E-state index contributed by atoms with van der Waals surface area (Å²) in [4.78, 5) is 0. The van der Waals surface area contributed by atoms with Gasteiger partial charge in [0.15, 0.2) is 5.03 Å². The minimum absolute atomic E-state index is 0.0488. The number of nitrogens with one attached hydrogen (secondary N) is 1. The summed E-state index contributed by atoms with van der Waals surface area (Å²) >= 11 is 9.31. The average molecular weight is 393 g/mol. The van der Waals surface area contributed by atoms with Gasteiger partial charge in [-0.05, 0) is 12.5 Å². The molecule has 0 fully saturated rings. The normalized spacial score (nSPS) is 14.9. The molecule has 2 rings (SSSR count). The molecule has 1 unspecified atom stereocenters. The second-order valence-electron chi connectivity index (χ2n) is 4.86. The van der Waals surface area contributed by atoms with Crippen molar-refractivity contribution in [3.63, 3.8) is 0 Å². The molecule has 0 bridgehead atoms. The maximum absolute atomic E-state index is 12.6. The van der Waals surface area contributed by atoms with Crippen LogP contribution in [0.4, 0.5) is 0 Å². The molecule has 8 heteroatoms. The van der Waals surface area contributed by atoms with Gasteiger partial charge in [0.2, 0.25) is 0 Å². The van der Waals surface area contributed by atoms with Crippen LogP contribution in [0.15, 0.2) is 41.6 Å². The quantitative estimate of drug-likeness (QED) is 0.796. The van der Waals surface area contributed by atoms with Gasteiger partial charge in [-0.2, -0.15) is 9.82 Å². The Morgan fingerprint density at radius 1 is 1.38 bits per heavy atom. The summed E-state index contributed by atoms with van der Waals surface area (Å²) in [6.45, 7) is 1.80. The summed E-state index contributed by atoms with van der Waals surface area (Å²) in [5.41, 5.74) is 0.0528. The third-order valence-corrected chi connectivity index (χ3v) is 6.36. The highest BCUT2D eigenvalue weighted by Gasteiger charge is 2.34. The minimum atomic E-state index is -3.81. The lowest BCUT2D eigenvalue weighted by atomic mass is 9.96. The summed E-state index contributed by atoms with van der Waals surface area (Å²) in [5.74, 6) is 0. The molecule has 0 amide bonds. The van der Waals surface area contributed by atoms with Crippen molar-refractivity contribution in [3.8, 4) is 0 Å². The van der Waals surface area contributed by atoms with Crippen molar-refractivity contribution in [2.75, 3.05) is 5.33 Å². The number of hydrogen-bond donors (Lipinski definition) is 1. The number of halogens is 2. The fourth-order valence-electron chi connectivity index (χ4n) is 2.02. The largest absolute Gasteiger partial charge is 0.260 e. The summed E-state index contributed by atoms with van der Waals surface area (Å²) in [6, 6.07) is 9.34. The standard InChI is InChI=1S/C13H15BrClN3O2S/c1-13(9-14,10-6-4-3-5-7-10)17-21(19,20)12-11(15)8-16-18(12)2/h3-8,17H,9H2,1-2H3. The van der Waals surface area contributed by atoms with Crippen LogP contribution in [-0.2, 0) is 22.6 Å². The third kappa shape index (κ3) is 3.31. The fraction of sp³-hybridized carbons (Fsp3) is 0.308. The van der Waals surface area contributed by atoms with E-state index in [1.807, 2.05) is 30.3 Å². The average Bonchev–Trinajstić information content (AvgIpc) is 2.79. The number of nitrogens with zero attached hydrogens (tertiary/aromatic N) is 2. The molecular formula is C13H15BrClN3O2S. The summed E-state index contributed by atoms with van der Waals surface area (Å²) in [6.07, 6.45) is 1.31. The molecule has 0 saturated carbocycles. The van der Waals surface area contributed by atoms with Crippen LogP contribution in [0.25, 0.3) is 0 Å². The molecule has 0 aliphatic carbocycles. The van der Waals surface area contributed by atoms with Crippen LogP contribution in [-0.4, -0.2) is 23.5 Å². The first-order valence-corrected chi connectivity index (χ1v) is 9.11. The van der Waals surface area contributed by atoms with E-state index in [4.69, 9.17) is 11.6 Å². The summed E-state index contributed by atoms with van der Waals surface area (Å²) in [7, 11) is -2.27. The maximum atomic E-state index is 12.6. The first-order chi connectivity index (χ1) is 9.80. The number of rotatable bonds is 5. The van der Waals surface area contributed by atoms with Crippen LogP contribution in [0.1, 0.15) is 12.5 Å². The van der Waals surface area contributed by atoms with E-state index in [1.165, 1.54) is 17.9 Å². The van der Waals surface area contributed by atoms with Crippen LogP contribution in [0.2, 0.25) is 5.02 Å². The first-order valence-electron chi connectivity index (χ1n) is 6.13. The smallest absolute Gasteiger partial charge is 0.255 e. The molecule has 0 aliphatic rings. The first kappa shape index (κ1) is 16.5. The summed E-state index contributed by atoms with van der Waals surface area (Å²) < 4.78 is 29.2. The Bertz CT molecular complexity index is 714. The molecule has 2 aromatic rings. The van der Waals surface area contributed by atoms with Crippen molar-refractivity contribution in [1.29, 1.82) is 0 Å².